The number of halogens is 2. The Morgan fingerprint density at radius 3 is 1.41 bits per heavy atom. The minimum atomic E-state index is -1.23. The highest BCUT2D eigenvalue weighted by molar-refractivity contribution is 7.06. The van der Waals surface area contributed by atoms with Crippen LogP contribution >= 0.6 is 11.5 Å². The molecule has 0 aromatic carbocycles. The largest absolute Gasteiger partial charge is 0.472 e. The van der Waals surface area contributed by atoms with E-state index >= 15 is 0 Å². The SMILES string of the molecule is C.CC(C)(C)C1CC(=O)NC1=O.CC(C)(C)c1nccn1O.CC(C)(C)c1ncn[nH]1.CC1=C(F)CC(C(C)(C)C)=CC1F.Cc1cc(C(C)(C)C)n(C)n1.Cc1cc(C(C)(C)C)on1.Cc1cc(C(C)(C)C)sn1.Cc1cocc(C(C)(C)C)c1=O.Cc1oncc1C(C)(C)C.Cn1nncc1C(C)(C)C. The summed E-state index contributed by atoms with van der Waals surface area (Å²) in [4.78, 5) is 42.8. The molecule has 10 rings (SSSR count). The topological polar surface area (TPSA) is 269 Å². The molecule has 0 bridgehead atoms. The molecular formula is C83H138F2N14O7S. The van der Waals surface area contributed by atoms with Gasteiger partial charge < -0.3 is 18.7 Å². The molecule has 9 heterocycles. The van der Waals surface area contributed by atoms with Gasteiger partial charge in [-0.05, 0) is 104 Å². The lowest BCUT2D eigenvalue weighted by Gasteiger charge is -2.27. The third-order valence-corrected chi connectivity index (χ3v) is 17.6. The fourth-order valence-electron chi connectivity index (χ4n) is 9.76. The first kappa shape index (κ1) is 99.0. The summed E-state index contributed by atoms with van der Waals surface area (Å²) in [6, 6.07) is 6.27. The molecule has 602 valence electrons. The maximum atomic E-state index is 13.2. The Balaban J connectivity index is 0.00000117. The zero-order valence-corrected chi connectivity index (χ0v) is 72.7. The molecule has 3 N–H and O–H groups in total. The van der Waals surface area contributed by atoms with Crippen molar-refractivity contribution in [3.05, 3.63) is 168 Å². The zero-order valence-electron chi connectivity index (χ0n) is 71.8. The van der Waals surface area contributed by atoms with Crippen LogP contribution in [0.4, 0.5) is 8.78 Å². The number of carbonyl (C=O) groups is 2. The Morgan fingerprint density at radius 2 is 1.17 bits per heavy atom. The number of alkyl halides is 1. The lowest BCUT2D eigenvalue weighted by atomic mass is 9.80. The van der Waals surface area contributed by atoms with Crippen LogP contribution in [0.15, 0.2) is 103 Å². The molecule has 1 fully saturated rings. The van der Waals surface area contributed by atoms with Gasteiger partial charge >= 0.3 is 0 Å². The van der Waals surface area contributed by atoms with Crippen LogP contribution < -0.4 is 10.7 Å². The summed E-state index contributed by atoms with van der Waals surface area (Å²) in [6.07, 6.45) is 12.2. The van der Waals surface area contributed by atoms with E-state index in [2.05, 4.69) is 192 Å². The highest BCUT2D eigenvalue weighted by Gasteiger charge is 2.39. The number of carbonyl (C=O) groups excluding carboxylic acids is 2. The first-order valence-electron chi connectivity index (χ1n) is 36.1. The van der Waals surface area contributed by atoms with Crippen molar-refractivity contribution in [3.8, 4) is 0 Å². The second-order valence-electron chi connectivity index (χ2n) is 37.4. The van der Waals surface area contributed by atoms with Crippen LogP contribution in [0.2, 0.25) is 0 Å². The first-order valence-corrected chi connectivity index (χ1v) is 36.9. The van der Waals surface area contributed by atoms with Crippen molar-refractivity contribution in [2.45, 2.75) is 319 Å². The predicted octanol–water partition coefficient (Wildman–Crippen LogP) is 20.5. The number of aromatic amines is 1. The quantitative estimate of drug-likeness (QED) is 0.0723. The van der Waals surface area contributed by atoms with Crippen LogP contribution in [-0.4, -0.2) is 87.6 Å². The second-order valence-corrected chi connectivity index (χ2v) is 38.2. The van der Waals surface area contributed by atoms with Gasteiger partial charge in [-0.15, -0.1) is 5.10 Å². The Hall–Kier alpha value is -8.02. The summed E-state index contributed by atoms with van der Waals surface area (Å²) in [5.74, 6) is 2.78. The van der Waals surface area contributed by atoms with Crippen LogP contribution in [0.25, 0.3) is 0 Å². The summed E-state index contributed by atoms with van der Waals surface area (Å²) in [7, 11) is 3.90. The van der Waals surface area contributed by atoms with Gasteiger partial charge in [-0.2, -0.15) is 19.3 Å². The van der Waals surface area contributed by atoms with Gasteiger partial charge in [0.25, 0.3) is 0 Å². The van der Waals surface area contributed by atoms with Gasteiger partial charge in [-0.3, -0.25) is 34.2 Å². The highest BCUT2D eigenvalue weighted by Crippen LogP contribution is 2.38. The molecule has 1 aliphatic carbocycles. The normalized spacial score (nSPS) is 14.8. The van der Waals surface area contributed by atoms with Crippen molar-refractivity contribution in [2.75, 3.05) is 0 Å². The van der Waals surface area contributed by atoms with Crippen molar-refractivity contribution in [3.63, 3.8) is 0 Å². The van der Waals surface area contributed by atoms with Gasteiger partial charge in [0, 0.05) is 93.5 Å². The second kappa shape index (κ2) is 39.9. The Labute approximate surface area is 645 Å². The molecule has 2 unspecified atom stereocenters. The number of nitrogens with zero attached hydrogens (tertiary/aromatic N) is 12. The Kier molecular flexibility index (Phi) is 36.9. The van der Waals surface area contributed by atoms with Crippen molar-refractivity contribution in [2.24, 2.45) is 30.8 Å². The van der Waals surface area contributed by atoms with E-state index in [0.29, 0.717) is 17.8 Å². The third kappa shape index (κ3) is 34.8. The van der Waals surface area contributed by atoms with E-state index in [0.717, 1.165) is 56.0 Å². The van der Waals surface area contributed by atoms with E-state index in [1.54, 1.807) is 47.8 Å². The van der Waals surface area contributed by atoms with Crippen LogP contribution in [0.3, 0.4) is 0 Å². The summed E-state index contributed by atoms with van der Waals surface area (Å²) < 4.78 is 50.5. The highest BCUT2D eigenvalue weighted by atomic mass is 32.1. The number of aryl methyl sites for hydroxylation is 7. The van der Waals surface area contributed by atoms with Gasteiger partial charge in [-0.25, -0.2) is 18.7 Å². The van der Waals surface area contributed by atoms with Crippen LogP contribution in [0.1, 0.15) is 308 Å². The van der Waals surface area contributed by atoms with Gasteiger partial charge in [0.15, 0.2) is 5.43 Å². The molecule has 2 amide bonds. The van der Waals surface area contributed by atoms with Gasteiger partial charge in [0.1, 0.15) is 41.5 Å². The Morgan fingerprint density at radius 1 is 0.607 bits per heavy atom. The molecule has 0 saturated carbocycles. The van der Waals surface area contributed by atoms with Crippen molar-refractivity contribution < 1.29 is 37.0 Å². The number of H-pyrrole nitrogens is 1. The molecule has 24 heteroatoms. The molecular weight excluding hydrogens is 1380 g/mol. The summed E-state index contributed by atoms with van der Waals surface area (Å²) in [6.45, 7) is 73.7. The summed E-state index contributed by atoms with van der Waals surface area (Å²) in [5, 5.41) is 37.5. The number of hydrogen-bond acceptors (Lipinski definition) is 17. The summed E-state index contributed by atoms with van der Waals surface area (Å²) >= 11 is 1.61. The van der Waals surface area contributed by atoms with Crippen LogP contribution in [-0.2, 0) is 67.0 Å². The van der Waals surface area contributed by atoms with Crippen molar-refractivity contribution >= 4 is 23.3 Å². The average Bonchev–Trinajstić information content (AvgIpc) is 1.06. The molecule has 2 aliphatic rings. The van der Waals surface area contributed by atoms with Gasteiger partial charge in [0.2, 0.25) is 11.8 Å². The molecule has 1 saturated heterocycles. The summed E-state index contributed by atoms with van der Waals surface area (Å²) in [5.41, 5.74) is 9.90. The Bertz CT molecular complexity index is 3910. The van der Waals surface area contributed by atoms with Gasteiger partial charge in [-0.1, -0.05) is 236 Å². The van der Waals surface area contributed by atoms with Crippen LogP contribution in [0.5, 0.6) is 0 Å². The molecule has 0 spiro atoms. The number of amides is 2. The zero-order chi connectivity index (χ0) is 82.7. The predicted molar refractivity (Wildman–Crippen MR) is 432 cm³/mol. The average molecular weight is 1510 g/mol. The first-order chi connectivity index (χ1) is 47.7. The molecule has 8 aromatic rings. The van der Waals surface area contributed by atoms with E-state index in [1.807, 2.05) is 136 Å². The number of imide groups is 1. The van der Waals surface area contributed by atoms with Gasteiger partial charge in [0.05, 0.1) is 59.8 Å². The fourth-order valence-corrected chi connectivity index (χ4v) is 10.6. The smallest absolute Gasteiger partial charge is 0.230 e. The third-order valence-electron chi connectivity index (χ3n) is 16.3. The number of rotatable bonds is 0. The van der Waals surface area contributed by atoms with Crippen LogP contribution in [0, 0.1) is 51.4 Å². The van der Waals surface area contributed by atoms with E-state index in [-0.39, 0.29) is 103 Å². The molecule has 21 nitrogen and oxygen atoms in total. The lowest BCUT2D eigenvalue weighted by Crippen LogP contribution is -2.29. The number of nitrogens with one attached hydrogen (secondary N) is 2. The number of aromatic nitrogens is 13. The van der Waals surface area contributed by atoms with E-state index in [1.165, 1.54) is 48.1 Å². The maximum Gasteiger partial charge on any atom is 0.230 e. The molecule has 1 aliphatic heterocycles. The van der Waals surface area contributed by atoms with Crippen molar-refractivity contribution in [1.29, 1.82) is 0 Å². The van der Waals surface area contributed by atoms with E-state index in [9.17, 15) is 23.2 Å². The number of hydrogen-bond donors (Lipinski definition) is 3. The monoisotopic (exact) mass is 1510 g/mol. The molecule has 0 radical (unpaired) electrons. The standard InChI is InChI=1S/C11H16F2.C10H14O2.C9H16N2.C8H13NO2.2C8H13NO.C8H13NS.C7H13N3.C7H12N2O.C6H11N3.CH4/c1-7-9(12)5-8(6-10(7)13)11(2,3)4;1-7-5-12-6-8(9(7)11)10(2,3)4;1-7-6-8(9(2,3)4)11(5)10-7;1-8(2,3)5-4-6(10)9-7(5)11;1-6-7(5-9-10-6)8(2,3)4;2*1-6-5-7(10-9-6)8(2,3)4;1-7(2,3)6-5-8-9-10(6)4;1-7(2,3)6-8-4-5-9(6)10;1-6(2,3)5-7-4-8-9-5;/h5,9H,6H2,1-4H3;5-6H,1-4H3;6H,1-5H3;5H,4H2,1-3H3,(H,9,10,11);4*5H,1-4H3;4-5,10H,1-3H3;4H,1-3H3,(H,7,8,9);1H4. The number of imidazole rings is 1. The van der Waals surface area contributed by atoms with E-state index in [4.69, 9.17) is 18.7 Å². The molecule has 8 aromatic heterocycles. The minimum absolute atomic E-state index is 0. The maximum absolute atomic E-state index is 13.2. The molecule has 2 atom stereocenters. The lowest BCUT2D eigenvalue weighted by molar-refractivity contribution is -0.127. The molecule has 107 heavy (non-hydrogen) atoms. The fraction of sp³-hybridized carbons (Fsp3) is 0.639. The number of allylic oxidation sites excluding steroid dienone is 4. The minimum Gasteiger partial charge on any atom is -0.472 e. The van der Waals surface area contributed by atoms with E-state index < -0.39 is 6.17 Å². The van der Waals surface area contributed by atoms with Crippen molar-refractivity contribution in [1.82, 2.24) is 69.7 Å².